The van der Waals surface area contributed by atoms with E-state index in [4.69, 9.17) is 10.8 Å². The Kier molecular flexibility index (Phi) is 5.43. The van der Waals surface area contributed by atoms with E-state index >= 15 is 0 Å². The highest BCUT2D eigenvalue weighted by Crippen LogP contribution is 2.40. The second-order valence-corrected chi connectivity index (χ2v) is 7.87. The van der Waals surface area contributed by atoms with Gasteiger partial charge in [0.25, 0.3) is 5.91 Å². The summed E-state index contributed by atoms with van der Waals surface area (Å²) in [7, 11) is 0. The average Bonchev–Trinajstić information content (AvgIpc) is 3.37. The van der Waals surface area contributed by atoms with Crippen LogP contribution in [-0.4, -0.2) is 39.7 Å². The molecular formula is C23H25ClN4O. The monoisotopic (exact) mass is 408 g/mol. The number of nitrogens with two attached hydrogens (primary N) is 1. The Morgan fingerprint density at radius 3 is 2.28 bits per heavy atom. The first-order valence-electron chi connectivity index (χ1n) is 9.96. The largest absolute Gasteiger partial charge is 0.335 e. The number of aromatic nitrogens is 2. The van der Waals surface area contributed by atoms with E-state index < -0.39 is 0 Å². The summed E-state index contributed by atoms with van der Waals surface area (Å²) in [6.45, 7) is 1.21. The molecule has 1 saturated carbocycles. The van der Waals surface area contributed by atoms with E-state index in [1.165, 1.54) is 5.56 Å². The molecule has 0 radical (unpaired) electrons. The van der Waals surface area contributed by atoms with E-state index in [9.17, 15) is 4.79 Å². The number of likely N-dealkylation sites (tertiary alicyclic amines) is 1. The van der Waals surface area contributed by atoms with Gasteiger partial charge in [-0.2, -0.15) is 5.10 Å². The number of para-hydroxylation sites is 1. The molecule has 5 nitrogen and oxygen atoms in total. The molecule has 5 rings (SSSR count). The number of hydrogen-bond donors (Lipinski definition) is 1. The fraction of sp³-hybridized carbons (Fsp3) is 0.304. The van der Waals surface area contributed by atoms with E-state index in [0.29, 0.717) is 24.7 Å². The van der Waals surface area contributed by atoms with Crippen LogP contribution in [0, 0.1) is 0 Å². The third-order valence-corrected chi connectivity index (χ3v) is 5.82. The standard InChI is InChI=1S/C23H24N4O.ClH/c24-20-15-26(14-19(20)16-7-3-1-4-8-16)23(28)22-13-21(17-11-12-17)25-27(22)18-9-5-2-6-10-18;/h1-10,13,17,19-20H,11-12,14-15,24H2;1H/t19-,20+;/m0./s1. The summed E-state index contributed by atoms with van der Waals surface area (Å²) in [6, 6.07) is 22.1. The van der Waals surface area contributed by atoms with Crippen molar-refractivity contribution < 1.29 is 4.79 Å². The smallest absolute Gasteiger partial charge is 0.272 e. The van der Waals surface area contributed by atoms with Crippen molar-refractivity contribution in [1.82, 2.24) is 14.7 Å². The number of nitrogens with zero attached hydrogens (tertiary/aromatic N) is 3. The molecule has 0 bridgehead atoms. The molecule has 0 spiro atoms. The third-order valence-electron chi connectivity index (χ3n) is 5.82. The van der Waals surface area contributed by atoms with E-state index in [-0.39, 0.29) is 30.3 Å². The van der Waals surface area contributed by atoms with Crippen LogP contribution in [0.4, 0.5) is 0 Å². The highest BCUT2D eigenvalue weighted by atomic mass is 35.5. The minimum atomic E-state index is -0.0534. The molecule has 6 heteroatoms. The topological polar surface area (TPSA) is 64.2 Å². The molecule has 29 heavy (non-hydrogen) atoms. The molecule has 2 fully saturated rings. The van der Waals surface area contributed by atoms with Crippen molar-refractivity contribution >= 4 is 18.3 Å². The molecule has 2 heterocycles. The normalized spacial score (nSPS) is 21.1. The van der Waals surface area contributed by atoms with E-state index in [1.54, 1.807) is 4.68 Å². The molecule has 2 aliphatic rings. The van der Waals surface area contributed by atoms with Gasteiger partial charge in [-0.25, -0.2) is 4.68 Å². The Hall–Kier alpha value is -2.63. The van der Waals surface area contributed by atoms with Gasteiger partial charge in [-0.1, -0.05) is 48.5 Å². The van der Waals surface area contributed by atoms with E-state index in [0.717, 1.165) is 24.2 Å². The molecule has 2 atom stereocenters. The molecule has 1 aromatic heterocycles. The molecule has 1 aliphatic heterocycles. The van der Waals surface area contributed by atoms with Crippen LogP contribution in [0.25, 0.3) is 5.69 Å². The molecule has 150 valence electrons. The van der Waals surface area contributed by atoms with Crippen molar-refractivity contribution in [3.63, 3.8) is 0 Å². The van der Waals surface area contributed by atoms with Crippen LogP contribution in [-0.2, 0) is 0 Å². The summed E-state index contributed by atoms with van der Waals surface area (Å²) in [6.07, 6.45) is 2.31. The minimum absolute atomic E-state index is 0. The van der Waals surface area contributed by atoms with Crippen molar-refractivity contribution in [2.24, 2.45) is 5.73 Å². The van der Waals surface area contributed by atoms with Crippen LogP contribution >= 0.6 is 12.4 Å². The minimum Gasteiger partial charge on any atom is -0.335 e. The van der Waals surface area contributed by atoms with Gasteiger partial charge in [-0.05, 0) is 36.6 Å². The van der Waals surface area contributed by atoms with Gasteiger partial charge < -0.3 is 10.6 Å². The van der Waals surface area contributed by atoms with Crippen LogP contribution < -0.4 is 5.73 Å². The van der Waals surface area contributed by atoms with E-state index in [1.807, 2.05) is 59.5 Å². The maximum absolute atomic E-state index is 13.4. The lowest BCUT2D eigenvalue weighted by atomic mass is 9.95. The predicted octanol–water partition coefficient (Wildman–Crippen LogP) is 3.74. The first-order valence-corrected chi connectivity index (χ1v) is 9.96. The van der Waals surface area contributed by atoms with Crippen LogP contribution in [0.5, 0.6) is 0 Å². The first-order chi connectivity index (χ1) is 13.7. The van der Waals surface area contributed by atoms with Gasteiger partial charge >= 0.3 is 0 Å². The Morgan fingerprint density at radius 1 is 0.966 bits per heavy atom. The number of benzene rings is 2. The molecule has 1 aliphatic carbocycles. The van der Waals surface area contributed by atoms with Crippen molar-refractivity contribution in [3.05, 3.63) is 83.7 Å². The summed E-state index contributed by atoms with van der Waals surface area (Å²) in [4.78, 5) is 15.3. The van der Waals surface area contributed by atoms with E-state index in [2.05, 4.69) is 12.1 Å². The zero-order chi connectivity index (χ0) is 19.1. The van der Waals surface area contributed by atoms with Gasteiger partial charge in [0.15, 0.2) is 0 Å². The van der Waals surface area contributed by atoms with Crippen LogP contribution in [0.2, 0.25) is 0 Å². The molecule has 2 N–H and O–H groups in total. The number of carbonyl (C=O) groups is 1. The molecule has 1 amide bonds. The Morgan fingerprint density at radius 2 is 1.62 bits per heavy atom. The molecule has 1 saturated heterocycles. The van der Waals surface area contributed by atoms with Crippen LogP contribution in [0.1, 0.15) is 46.4 Å². The first kappa shape index (κ1) is 19.7. The number of rotatable bonds is 4. The maximum atomic E-state index is 13.4. The predicted molar refractivity (Wildman–Crippen MR) is 116 cm³/mol. The van der Waals surface area contributed by atoms with Gasteiger partial charge in [-0.3, -0.25) is 4.79 Å². The molecule has 0 unspecified atom stereocenters. The highest BCUT2D eigenvalue weighted by molar-refractivity contribution is 5.93. The molecule has 2 aromatic carbocycles. The summed E-state index contributed by atoms with van der Waals surface area (Å²) >= 11 is 0. The highest BCUT2D eigenvalue weighted by Gasteiger charge is 2.36. The molecular weight excluding hydrogens is 384 g/mol. The Balaban J connectivity index is 0.00000205. The Bertz CT molecular complexity index is 985. The van der Waals surface area contributed by atoms with Gasteiger partial charge in [-0.15, -0.1) is 12.4 Å². The van der Waals surface area contributed by atoms with Gasteiger partial charge in [0.1, 0.15) is 5.69 Å². The summed E-state index contributed by atoms with van der Waals surface area (Å²) in [5.74, 6) is 0.674. The van der Waals surface area contributed by atoms with Crippen LogP contribution in [0.15, 0.2) is 66.7 Å². The average molecular weight is 409 g/mol. The number of halogens is 1. The SMILES string of the molecule is Cl.N[C@@H]1CN(C(=O)c2cc(C3CC3)nn2-c2ccccc2)C[C@H]1c1ccccc1. The lowest BCUT2D eigenvalue weighted by molar-refractivity contribution is 0.0780. The third kappa shape index (κ3) is 3.80. The second kappa shape index (κ2) is 8.01. The van der Waals surface area contributed by atoms with Crippen molar-refractivity contribution in [2.45, 2.75) is 30.7 Å². The summed E-state index contributed by atoms with van der Waals surface area (Å²) in [5.41, 5.74) is 10.2. The molecule has 3 aromatic rings. The second-order valence-electron chi connectivity index (χ2n) is 7.87. The lowest BCUT2D eigenvalue weighted by Gasteiger charge is -2.17. The van der Waals surface area contributed by atoms with Gasteiger partial charge in [0, 0.05) is 31.0 Å². The number of amides is 1. The Labute approximate surface area is 176 Å². The summed E-state index contributed by atoms with van der Waals surface area (Å²) in [5, 5.41) is 4.77. The lowest BCUT2D eigenvalue weighted by Crippen LogP contribution is -2.33. The maximum Gasteiger partial charge on any atom is 0.272 e. The summed E-state index contributed by atoms with van der Waals surface area (Å²) < 4.78 is 1.80. The zero-order valence-corrected chi connectivity index (χ0v) is 17.0. The zero-order valence-electron chi connectivity index (χ0n) is 16.1. The van der Waals surface area contributed by atoms with Gasteiger partial charge in [0.05, 0.1) is 11.4 Å². The quantitative estimate of drug-likeness (QED) is 0.715. The number of hydrogen-bond acceptors (Lipinski definition) is 3. The fourth-order valence-corrected chi connectivity index (χ4v) is 4.11. The van der Waals surface area contributed by atoms with Crippen molar-refractivity contribution in [1.29, 1.82) is 0 Å². The van der Waals surface area contributed by atoms with Crippen molar-refractivity contribution in [2.75, 3.05) is 13.1 Å². The van der Waals surface area contributed by atoms with Crippen LogP contribution in [0.3, 0.4) is 0 Å². The van der Waals surface area contributed by atoms with Crippen molar-refractivity contribution in [3.8, 4) is 5.69 Å². The fourth-order valence-electron chi connectivity index (χ4n) is 4.11. The van der Waals surface area contributed by atoms with Gasteiger partial charge in [0.2, 0.25) is 0 Å². The number of carbonyl (C=O) groups excluding carboxylic acids is 1.